The first-order chi connectivity index (χ1) is 14.7. The van der Waals surface area contributed by atoms with Gasteiger partial charge in [0.05, 0.1) is 12.6 Å². The summed E-state index contributed by atoms with van der Waals surface area (Å²) in [6, 6.07) is 10.0. The van der Waals surface area contributed by atoms with E-state index < -0.39 is 0 Å². The van der Waals surface area contributed by atoms with Gasteiger partial charge in [-0.1, -0.05) is 31.4 Å². The van der Waals surface area contributed by atoms with Gasteiger partial charge in [-0.15, -0.1) is 0 Å². The summed E-state index contributed by atoms with van der Waals surface area (Å²) in [6.07, 6.45) is 9.16. The van der Waals surface area contributed by atoms with Crippen LogP contribution in [0.1, 0.15) is 50.5 Å². The van der Waals surface area contributed by atoms with Crippen LogP contribution in [0.15, 0.2) is 36.7 Å². The Morgan fingerprint density at radius 2 is 1.97 bits per heavy atom. The predicted molar refractivity (Wildman–Crippen MR) is 118 cm³/mol. The number of aliphatic hydroxyl groups is 1. The van der Waals surface area contributed by atoms with Crippen LogP contribution in [0.4, 0.5) is 17.3 Å². The molecule has 7 nitrogen and oxygen atoms in total. The van der Waals surface area contributed by atoms with Crippen LogP contribution >= 0.6 is 0 Å². The van der Waals surface area contributed by atoms with Crippen LogP contribution in [-0.2, 0) is 11.3 Å². The number of amides is 1. The van der Waals surface area contributed by atoms with Crippen LogP contribution in [0.2, 0.25) is 0 Å². The Morgan fingerprint density at radius 3 is 2.80 bits per heavy atom. The lowest BCUT2D eigenvalue weighted by molar-refractivity contribution is -0.120. The Bertz CT molecular complexity index is 853. The van der Waals surface area contributed by atoms with Gasteiger partial charge in [-0.25, -0.2) is 9.97 Å². The number of anilines is 3. The maximum Gasteiger partial charge on any atom is 0.227 e. The summed E-state index contributed by atoms with van der Waals surface area (Å²) in [5.41, 5.74) is 1.92. The summed E-state index contributed by atoms with van der Waals surface area (Å²) in [5, 5.41) is 16.0. The molecule has 30 heavy (non-hydrogen) atoms. The van der Waals surface area contributed by atoms with Gasteiger partial charge >= 0.3 is 0 Å². The number of carbonyl (C=O) groups is 1. The fourth-order valence-electron chi connectivity index (χ4n) is 4.49. The predicted octanol–water partition coefficient (Wildman–Crippen LogP) is 3.57. The average Bonchev–Trinajstić information content (AvgIpc) is 3.28. The molecule has 0 radical (unpaired) electrons. The SMILES string of the molecule is O=C(Nc1cccc(CNc2cc(N3CCCC3CO)ncn2)c1)C1CCCCC1. The first-order valence-corrected chi connectivity index (χ1v) is 11.1. The maximum atomic E-state index is 12.5. The summed E-state index contributed by atoms with van der Waals surface area (Å²) < 4.78 is 0. The van der Waals surface area contributed by atoms with Crippen molar-refractivity contribution in [3.8, 4) is 0 Å². The number of nitrogens with one attached hydrogen (secondary N) is 2. The van der Waals surface area contributed by atoms with Gasteiger partial charge in [0.15, 0.2) is 0 Å². The largest absolute Gasteiger partial charge is 0.394 e. The Morgan fingerprint density at radius 1 is 1.10 bits per heavy atom. The first-order valence-electron chi connectivity index (χ1n) is 11.1. The van der Waals surface area contributed by atoms with Crippen molar-refractivity contribution in [1.29, 1.82) is 0 Å². The van der Waals surface area contributed by atoms with E-state index >= 15 is 0 Å². The van der Waals surface area contributed by atoms with Gasteiger partial charge in [-0.05, 0) is 43.4 Å². The molecule has 1 amide bonds. The lowest BCUT2D eigenvalue weighted by Crippen LogP contribution is -2.32. The van der Waals surface area contributed by atoms with Crippen molar-refractivity contribution in [3.05, 3.63) is 42.2 Å². The second-order valence-corrected chi connectivity index (χ2v) is 8.31. The van der Waals surface area contributed by atoms with E-state index in [4.69, 9.17) is 0 Å². The van der Waals surface area contributed by atoms with E-state index in [1.165, 1.54) is 6.42 Å². The Balaban J connectivity index is 1.35. The normalized spacial score (nSPS) is 19.6. The molecule has 2 aromatic rings. The smallest absolute Gasteiger partial charge is 0.227 e. The third-order valence-corrected chi connectivity index (χ3v) is 6.18. The Labute approximate surface area is 177 Å². The highest BCUT2D eigenvalue weighted by molar-refractivity contribution is 5.92. The van der Waals surface area contributed by atoms with E-state index in [2.05, 4.69) is 25.5 Å². The number of benzene rings is 1. The van der Waals surface area contributed by atoms with Gasteiger partial charge in [-0.2, -0.15) is 0 Å². The van der Waals surface area contributed by atoms with Crippen molar-refractivity contribution in [2.45, 2.75) is 57.5 Å². The number of carbonyl (C=O) groups excluding carboxylic acids is 1. The molecule has 4 rings (SSSR count). The Kier molecular flexibility index (Phi) is 6.79. The fourth-order valence-corrected chi connectivity index (χ4v) is 4.49. The van der Waals surface area contributed by atoms with E-state index in [0.717, 1.165) is 68.0 Å². The topological polar surface area (TPSA) is 90.4 Å². The molecule has 2 fully saturated rings. The van der Waals surface area contributed by atoms with Crippen molar-refractivity contribution in [3.63, 3.8) is 0 Å². The number of aromatic nitrogens is 2. The summed E-state index contributed by atoms with van der Waals surface area (Å²) in [4.78, 5) is 23.4. The average molecular weight is 410 g/mol. The van der Waals surface area contributed by atoms with Gasteiger partial charge in [-0.3, -0.25) is 4.79 Å². The minimum absolute atomic E-state index is 0.136. The van der Waals surface area contributed by atoms with Gasteiger partial charge in [0.1, 0.15) is 18.0 Å². The van der Waals surface area contributed by atoms with Crippen LogP contribution in [0, 0.1) is 5.92 Å². The van der Waals surface area contributed by atoms with Crippen LogP contribution < -0.4 is 15.5 Å². The number of hydrogen-bond donors (Lipinski definition) is 3. The zero-order valence-corrected chi connectivity index (χ0v) is 17.4. The second-order valence-electron chi connectivity index (χ2n) is 8.31. The Hall–Kier alpha value is -2.67. The van der Waals surface area contributed by atoms with Crippen molar-refractivity contribution in [2.75, 3.05) is 28.7 Å². The van der Waals surface area contributed by atoms with Crippen molar-refractivity contribution < 1.29 is 9.90 Å². The molecule has 1 unspecified atom stereocenters. The molecule has 160 valence electrons. The molecular formula is C23H31N5O2. The van der Waals surface area contributed by atoms with E-state index in [-0.39, 0.29) is 24.5 Å². The zero-order chi connectivity index (χ0) is 20.8. The number of aliphatic hydroxyl groups excluding tert-OH is 1. The maximum absolute atomic E-state index is 12.5. The summed E-state index contributed by atoms with van der Waals surface area (Å²) in [7, 11) is 0. The lowest BCUT2D eigenvalue weighted by atomic mass is 9.88. The van der Waals surface area contributed by atoms with Crippen molar-refractivity contribution in [1.82, 2.24) is 9.97 Å². The van der Waals surface area contributed by atoms with E-state index in [0.29, 0.717) is 6.54 Å². The quantitative estimate of drug-likeness (QED) is 0.648. The molecule has 1 atom stereocenters. The fraction of sp³-hybridized carbons (Fsp3) is 0.522. The molecule has 0 bridgehead atoms. The van der Waals surface area contributed by atoms with Gasteiger partial charge < -0.3 is 20.6 Å². The molecule has 1 saturated heterocycles. The third kappa shape index (κ3) is 5.08. The molecule has 1 aliphatic carbocycles. The van der Waals surface area contributed by atoms with Crippen LogP contribution in [0.3, 0.4) is 0 Å². The van der Waals surface area contributed by atoms with E-state index in [9.17, 15) is 9.90 Å². The molecule has 1 saturated carbocycles. The minimum Gasteiger partial charge on any atom is -0.394 e. The van der Waals surface area contributed by atoms with E-state index in [1.54, 1.807) is 6.33 Å². The number of nitrogens with zero attached hydrogens (tertiary/aromatic N) is 3. The lowest BCUT2D eigenvalue weighted by Gasteiger charge is -2.24. The molecule has 2 heterocycles. The molecule has 1 aromatic heterocycles. The van der Waals surface area contributed by atoms with Crippen molar-refractivity contribution >= 4 is 23.2 Å². The van der Waals surface area contributed by atoms with Crippen LogP contribution in [0.25, 0.3) is 0 Å². The standard InChI is InChI=1S/C23H31N5O2/c29-15-20-10-5-11-28(20)22-13-21(25-16-26-22)24-14-17-6-4-9-19(12-17)27-23(30)18-7-2-1-3-8-18/h4,6,9,12-13,16,18,20,29H,1-3,5,7-8,10-11,14-15H2,(H,27,30)(H,24,25,26). The second kappa shape index (κ2) is 9.89. The van der Waals surface area contributed by atoms with Crippen molar-refractivity contribution in [2.24, 2.45) is 5.92 Å². The summed E-state index contributed by atoms with van der Waals surface area (Å²) in [5.74, 6) is 1.88. The molecule has 0 spiro atoms. The first kappa shape index (κ1) is 20.6. The van der Waals surface area contributed by atoms with Gasteiger partial charge in [0.2, 0.25) is 5.91 Å². The third-order valence-electron chi connectivity index (χ3n) is 6.18. The highest BCUT2D eigenvalue weighted by Gasteiger charge is 2.25. The minimum atomic E-state index is 0.136. The zero-order valence-electron chi connectivity index (χ0n) is 17.4. The van der Waals surface area contributed by atoms with Crippen LogP contribution in [0.5, 0.6) is 0 Å². The monoisotopic (exact) mass is 409 g/mol. The molecule has 1 aromatic carbocycles. The summed E-state index contributed by atoms with van der Waals surface area (Å²) >= 11 is 0. The molecule has 7 heteroatoms. The number of rotatable bonds is 7. The molecule has 3 N–H and O–H groups in total. The van der Waals surface area contributed by atoms with Crippen LogP contribution in [-0.4, -0.2) is 40.2 Å². The highest BCUT2D eigenvalue weighted by Crippen LogP contribution is 2.26. The summed E-state index contributed by atoms with van der Waals surface area (Å²) in [6.45, 7) is 1.66. The van der Waals surface area contributed by atoms with Gasteiger partial charge in [0, 0.05) is 30.8 Å². The van der Waals surface area contributed by atoms with Gasteiger partial charge in [0.25, 0.3) is 0 Å². The highest BCUT2D eigenvalue weighted by atomic mass is 16.3. The molecule has 1 aliphatic heterocycles. The molecular weight excluding hydrogens is 378 g/mol. The molecule has 2 aliphatic rings. The number of hydrogen-bond acceptors (Lipinski definition) is 6. The van der Waals surface area contributed by atoms with E-state index in [1.807, 2.05) is 30.3 Å².